The summed E-state index contributed by atoms with van der Waals surface area (Å²) in [7, 11) is 1.53. The summed E-state index contributed by atoms with van der Waals surface area (Å²) in [5.41, 5.74) is 0.995. The maximum absolute atomic E-state index is 13.4. The molecule has 3 amide bonds. The summed E-state index contributed by atoms with van der Waals surface area (Å²) in [6.45, 7) is 2.32. The van der Waals surface area contributed by atoms with Gasteiger partial charge in [-0.1, -0.05) is 30.3 Å². The van der Waals surface area contributed by atoms with Crippen molar-refractivity contribution in [3.05, 3.63) is 35.9 Å². The van der Waals surface area contributed by atoms with Crippen molar-refractivity contribution >= 4 is 23.9 Å². The first-order chi connectivity index (χ1) is 15.7. The van der Waals surface area contributed by atoms with Crippen molar-refractivity contribution in [3.8, 4) is 0 Å². The molecule has 10 nitrogen and oxygen atoms in total. The number of benzene rings is 1. The number of carboxylic acids is 2. The number of carboxylic acid groups (broad SMARTS) is 2. The van der Waals surface area contributed by atoms with E-state index in [4.69, 9.17) is 0 Å². The van der Waals surface area contributed by atoms with Crippen LogP contribution in [0.2, 0.25) is 0 Å². The average molecular weight is 461 g/mol. The standard InChI is InChI=1S/C23H32N4O6/c1-14(25-17(21(29)30)9-8-15-6-4-3-5-7-15)20(28)27-18(22(31)32)12-16-10-11-26(13-19(16)27)23(33)24-2/h3-7,14,16-19,25H,8-13H2,1-2H3,(H,24,33)(H,29,30)(H,31,32)/t14-,16-,17-,18+,19+/m1/s1. The first-order valence-corrected chi connectivity index (χ1v) is 11.3. The third kappa shape index (κ3) is 5.62. The summed E-state index contributed by atoms with van der Waals surface area (Å²) in [6, 6.07) is 5.95. The number of urea groups is 1. The Kier molecular flexibility index (Phi) is 7.91. The molecule has 2 saturated heterocycles. The number of likely N-dealkylation sites (tertiary alicyclic amines) is 2. The fourth-order valence-electron chi connectivity index (χ4n) is 4.91. The van der Waals surface area contributed by atoms with E-state index in [2.05, 4.69) is 10.6 Å². The van der Waals surface area contributed by atoms with Gasteiger partial charge in [0, 0.05) is 20.1 Å². The minimum atomic E-state index is -1.09. The quantitative estimate of drug-likeness (QED) is 0.449. The van der Waals surface area contributed by atoms with Gasteiger partial charge in [0.05, 0.1) is 12.1 Å². The fraction of sp³-hybridized carbons (Fsp3) is 0.565. The number of fused-ring (bicyclic) bond motifs is 1. The van der Waals surface area contributed by atoms with Gasteiger partial charge >= 0.3 is 18.0 Å². The normalized spacial score (nSPS) is 24.0. The van der Waals surface area contributed by atoms with E-state index in [0.29, 0.717) is 25.8 Å². The lowest BCUT2D eigenvalue weighted by molar-refractivity contribution is -0.151. The maximum Gasteiger partial charge on any atom is 0.326 e. The van der Waals surface area contributed by atoms with Crippen molar-refractivity contribution in [2.45, 2.75) is 56.8 Å². The Balaban J connectivity index is 1.71. The third-order valence-corrected chi connectivity index (χ3v) is 6.67. The number of amides is 3. The van der Waals surface area contributed by atoms with Gasteiger partial charge < -0.3 is 25.3 Å². The van der Waals surface area contributed by atoms with Gasteiger partial charge in [0.15, 0.2) is 0 Å². The topological polar surface area (TPSA) is 139 Å². The van der Waals surface area contributed by atoms with Gasteiger partial charge in [-0.25, -0.2) is 9.59 Å². The van der Waals surface area contributed by atoms with Crippen LogP contribution < -0.4 is 10.6 Å². The Morgan fingerprint density at radius 2 is 1.85 bits per heavy atom. The number of carbonyl (C=O) groups is 4. The summed E-state index contributed by atoms with van der Waals surface area (Å²) < 4.78 is 0. The van der Waals surface area contributed by atoms with Gasteiger partial charge in [0.25, 0.3) is 0 Å². The van der Waals surface area contributed by atoms with Crippen LogP contribution in [-0.2, 0) is 20.8 Å². The molecule has 1 aromatic rings. The molecule has 0 bridgehead atoms. The van der Waals surface area contributed by atoms with Crippen molar-refractivity contribution in [3.63, 3.8) is 0 Å². The number of hydrogen-bond acceptors (Lipinski definition) is 5. The van der Waals surface area contributed by atoms with Crippen molar-refractivity contribution in [1.82, 2.24) is 20.4 Å². The molecule has 0 unspecified atom stereocenters. The van der Waals surface area contributed by atoms with Crippen LogP contribution in [0.4, 0.5) is 4.79 Å². The summed E-state index contributed by atoms with van der Waals surface area (Å²) in [4.78, 5) is 52.2. The minimum absolute atomic E-state index is 0.0171. The van der Waals surface area contributed by atoms with Crippen LogP contribution in [0, 0.1) is 5.92 Å². The second kappa shape index (κ2) is 10.7. The lowest BCUT2D eigenvalue weighted by atomic mass is 9.91. The van der Waals surface area contributed by atoms with Crippen LogP contribution in [0.25, 0.3) is 0 Å². The van der Waals surface area contributed by atoms with Crippen LogP contribution in [0.1, 0.15) is 31.7 Å². The Morgan fingerprint density at radius 1 is 1.15 bits per heavy atom. The van der Waals surface area contributed by atoms with Gasteiger partial charge in [0.2, 0.25) is 5.91 Å². The highest BCUT2D eigenvalue weighted by atomic mass is 16.4. The molecule has 2 aliphatic heterocycles. The Hall–Kier alpha value is -3.14. The van der Waals surface area contributed by atoms with Crippen molar-refractivity contribution < 1.29 is 29.4 Å². The number of aryl methyl sites for hydroxylation is 1. The lowest BCUT2D eigenvalue weighted by Crippen LogP contribution is -2.59. The highest BCUT2D eigenvalue weighted by Crippen LogP contribution is 2.36. The van der Waals surface area contributed by atoms with Crippen LogP contribution in [0.15, 0.2) is 30.3 Å². The molecule has 4 N–H and O–H groups in total. The van der Waals surface area contributed by atoms with Crippen LogP contribution in [0.3, 0.4) is 0 Å². The van der Waals surface area contributed by atoms with Crippen molar-refractivity contribution in [1.29, 1.82) is 0 Å². The number of piperidine rings is 1. The summed E-state index contributed by atoms with van der Waals surface area (Å²) in [5.74, 6) is -2.63. The zero-order valence-electron chi connectivity index (χ0n) is 18.9. The molecule has 180 valence electrons. The molecule has 0 radical (unpaired) electrons. The first-order valence-electron chi connectivity index (χ1n) is 11.3. The zero-order chi connectivity index (χ0) is 24.1. The van der Waals surface area contributed by atoms with Crippen LogP contribution in [0.5, 0.6) is 0 Å². The molecule has 33 heavy (non-hydrogen) atoms. The van der Waals surface area contributed by atoms with E-state index in [9.17, 15) is 29.4 Å². The van der Waals surface area contributed by atoms with E-state index >= 15 is 0 Å². The predicted molar refractivity (Wildman–Crippen MR) is 120 cm³/mol. The molecule has 0 spiro atoms. The van der Waals surface area contributed by atoms with Gasteiger partial charge in [-0.05, 0) is 44.1 Å². The summed E-state index contributed by atoms with van der Waals surface area (Å²) >= 11 is 0. The predicted octanol–water partition coefficient (Wildman–Crippen LogP) is 0.766. The van der Waals surface area contributed by atoms with E-state index in [0.717, 1.165) is 5.56 Å². The SMILES string of the molecule is CNC(=O)N1CC[C@@H]2C[C@@H](C(=O)O)N(C(=O)[C@@H](C)N[C@H](CCc3ccccc3)C(=O)O)[C@H]2C1. The second-order valence-electron chi connectivity index (χ2n) is 8.76. The molecule has 0 saturated carbocycles. The van der Waals surface area contributed by atoms with Gasteiger partial charge in [-0.3, -0.25) is 14.9 Å². The van der Waals surface area contributed by atoms with Crippen LogP contribution >= 0.6 is 0 Å². The van der Waals surface area contributed by atoms with E-state index in [1.54, 1.807) is 11.8 Å². The van der Waals surface area contributed by atoms with E-state index < -0.39 is 42.0 Å². The first kappa shape index (κ1) is 24.5. The highest BCUT2D eigenvalue weighted by molar-refractivity contribution is 5.88. The molecule has 0 aromatic heterocycles. The fourth-order valence-corrected chi connectivity index (χ4v) is 4.91. The number of carbonyl (C=O) groups excluding carboxylic acids is 2. The molecule has 2 fully saturated rings. The molecular weight excluding hydrogens is 428 g/mol. The highest BCUT2D eigenvalue weighted by Gasteiger charge is 2.50. The maximum atomic E-state index is 13.4. The molecule has 3 rings (SSSR count). The Morgan fingerprint density at radius 3 is 2.45 bits per heavy atom. The van der Waals surface area contributed by atoms with Crippen molar-refractivity contribution in [2.24, 2.45) is 5.92 Å². The molecular formula is C23H32N4O6. The summed E-state index contributed by atoms with van der Waals surface area (Å²) in [5, 5.41) is 24.9. The molecule has 10 heteroatoms. The van der Waals surface area contributed by atoms with Gasteiger partial charge in [0.1, 0.15) is 12.1 Å². The molecule has 2 heterocycles. The average Bonchev–Trinajstić information content (AvgIpc) is 3.20. The molecule has 5 atom stereocenters. The van der Waals surface area contributed by atoms with Gasteiger partial charge in [-0.15, -0.1) is 0 Å². The molecule has 0 aliphatic carbocycles. The Labute approximate surface area is 192 Å². The number of aliphatic carboxylic acids is 2. The summed E-state index contributed by atoms with van der Waals surface area (Å²) in [6.07, 6.45) is 1.76. The van der Waals surface area contributed by atoms with E-state index in [-0.39, 0.29) is 24.9 Å². The minimum Gasteiger partial charge on any atom is -0.480 e. The van der Waals surface area contributed by atoms with E-state index in [1.807, 2.05) is 30.3 Å². The lowest BCUT2D eigenvalue weighted by Gasteiger charge is -2.39. The number of rotatable bonds is 8. The smallest absolute Gasteiger partial charge is 0.326 e. The second-order valence-corrected chi connectivity index (χ2v) is 8.76. The van der Waals surface area contributed by atoms with Gasteiger partial charge in [-0.2, -0.15) is 0 Å². The van der Waals surface area contributed by atoms with Crippen molar-refractivity contribution in [2.75, 3.05) is 20.1 Å². The Bertz CT molecular complexity index is 879. The van der Waals surface area contributed by atoms with E-state index in [1.165, 1.54) is 11.9 Å². The monoisotopic (exact) mass is 460 g/mol. The zero-order valence-corrected chi connectivity index (χ0v) is 18.9. The molecule has 2 aliphatic rings. The largest absolute Gasteiger partial charge is 0.480 e. The molecule has 1 aromatic carbocycles. The number of nitrogens with zero attached hydrogens (tertiary/aromatic N) is 2. The third-order valence-electron chi connectivity index (χ3n) is 6.67. The van der Waals surface area contributed by atoms with Crippen LogP contribution in [-0.4, -0.2) is 88.2 Å². The number of nitrogens with one attached hydrogen (secondary N) is 2. The number of hydrogen-bond donors (Lipinski definition) is 4.